The number of aromatic nitrogens is 2. The van der Waals surface area contributed by atoms with Crippen molar-refractivity contribution in [2.75, 3.05) is 7.11 Å². The summed E-state index contributed by atoms with van der Waals surface area (Å²) in [5.74, 6) is -1.86. The van der Waals surface area contributed by atoms with Crippen molar-refractivity contribution in [2.24, 2.45) is 5.92 Å². The lowest BCUT2D eigenvalue weighted by Crippen LogP contribution is -2.44. The zero-order valence-electron chi connectivity index (χ0n) is 22.4. The van der Waals surface area contributed by atoms with Crippen molar-refractivity contribution in [2.45, 2.75) is 82.1 Å². The first-order valence-electron chi connectivity index (χ1n) is 14.0. The molecule has 6 nitrogen and oxygen atoms in total. The number of aliphatic hydroxyl groups is 1. The predicted molar refractivity (Wildman–Crippen MR) is 145 cm³/mol. The van der Waals surface area contributed by atoms with E-state index >= 15 is 4.39 Å². The van der Waals surface area contributed by atoms with Gasteiger partial charge in [-0.15, -0.1) is 0 Å². The van der Waals surface area contributed by atoms with Gasteiger partial charge in [0.1, 0.15) is 18.0 Å². The van der Waals surface area contributed by atoms with Crippen molar-refractivity contribution >= 4 is 5.91 Å². The minimum atomic E-state index is -1.01. The Labute approximate surface area is 228 Å². The number of hydrogen-bond acceptors (Lipinski definition) is 4. The SMILES string of the molecule is COC(c1ccccc1)c1ccc(F)c(F)c1-c1nccn1C(C(=O)NC1CCC(O)CC1)C1CCCCC1. The van der Waals surface area contributed by atoms with Gasteiger partial charge in [0, 0.05) is 25.5 Å². The Hall–Kier alpha value is -3.10. The summed E-state index contributed by atoms with van der Waals surface area (Å²) in [5.41, 5.74) is 1.25. The maximum atomic E-state index is 15.7. The van der Waals surface area contributed by atoms with Crippen LogP contribution in [-0.2, 0) is 9.53 Å². The molecule has 208 valence electrons. The molecule has 2 aromatic carbocycles. The second-order valence-corrected chi connectivity index (χ2v) is 10.9. The van der Waals surface area contributed by atoms with Gasteiger partial charge < -0.3 is 19.7 Å². The number of imidazole rings is 1. The summed E-state index contributed by atoms with van der Waals surface area (Å²) >= 11 is 0. The predicted octanol–water partition coefficient (Wildman–Crippen LogP) is 6.11. The molecule has 1 heterocycles. The van der Waals surface area contributed by atoms with Crippen LogP contribution in [0.1, 0.15) is 81.1 Å². The highest BCUT2D eigenvalue weighted by molar-refractivity contribution is 5.82. The zero-order valence-corrected chi connectivity index (χ0v) is 22.4. The average molecular weight is 538 g/mol. The first-order chi connectivity index (χ1) is 19.0. The fourth-order valence-corrected chi connectivity index (χ4v) is 6.34. The van der Waals surface area contributed by atoms with Gasteiger partial charge in [-0.1, -0.05) is 55.7 Å². The van der Waals surface area contributed by atoms with E-state index in [1.165, 1.54) is 13.2 Å². The van der Waals surface area contributed by atoms with Crippen molar-refractivity contribution in [1.29, 1.82) is 0 Å². The molecule has 0 bridgehead atoms. The number of benzene rings is 2. The number of nitrogens with zero attached hydrogens (tertiary/aromatic N) is 2. The van der Waals surface area contributed by atoms with Crippen LogP contribution in [0.3, 0.4) is 0 Å². The van der Waals surface area contributed by atoms with E-state index in [4.69, 9.17) is 4.74 Å². The summed E-state index contributed by atoms with van der Waals surface area (Å²) in [7, 11) is 1.54. The van der Waals surface area contributed by atoms with E-state index in [1.54, 1.807) is 17.0 Å². The molecule has 2 N–H and O–H groups in total. The zero-order chi connectivity index (χ0) is 27.4. The van der Waals surface area contributed by atoms with Crippen LogP contribution < -0.4 is 5.32 Å². The van der Waals surface area contributed by atoms with Gasteiger partial charge >= 0.3 is 0 Å². The second-order valence-electron chi connectivity index (χ2n) is 10.9. The van der Waals surface area contributed by atoms with Crippen molar-refractivity contribution in [3.05, 3.63) is 77.6 Å². The standard InChI is InChI=1S/C31H37F2N3O3/c1-39-29(21-10-6-3-7-11-21)24-16-17-25(32)27(33)26(24)30-34-18-19-36(30)28(20-8-4-2-5-9-20)31(38)35-22-12-14-23(37)15-13-22/h3,6-7,10-11,16-20,22-23,28-29,37H,2,4-5,8-9,12-15H2,1H3,(H,35,38). The molecule has 1 amide bonds. The quantitative estimate of drug-likeness (QED) is 0.364. The molecule has 2 aliphatic rings. The lowest BCUT2D eigenvalue weighted by atomic mass is 9.82. The number of aliphatic hydroxyl groups excluding tert-OH is 1. The third kappa shape index (κ3) is 5.92. The van der Waals surface area contributed by atoms with Gasteiger partial charge in [0.15, 0.2) is 11.6 Å². The van der Waals surface area contributed by atoms with Crippen molar-refractivity contribution < 1.29 is 23.4 Å². The minimum Gasteiger partial charge on any atom is -0.393 e. The number of nitrogens with one attached hydrogen (secondary N) is 1. The third-order valence-electron chi connectivity index (χ3n) is 8.35. The highest BCUT2D eigenvalue weighted by Gasteiger charge is 2.36. The molecule has 2 atom stereocenters. The van der Waals surface area contributed by atoms with E-state index in [2.05, 4.69) is 10.3 Å². The molecule has 0 radical (unpaired) electrons. The first kappa shape index (κ1) is 27.5. The van der Waals surface area contributed by atoms with Gasteiger partial charge in [0.2, 0.25) is 5.91 Å². The molecular weight excluding hydrogens is 500 g/mol. The van der Waals surface area contributed by atoms with Crippen LogP contribution in [0.2, 0.25) is 0 Å². The van der Waals surface area contributed by atoms with E-state index in [9.17, 15) is 14.3 Å². The first-order valence-corrected chi connectivity index (χ1v) is 14.0. The maximum absolute atomic E-state index is 15.7. The summed E-state index contributed by atoms with van der Waals surface area (Å²) < 4.78 is 38.0. The summed E-state index contributed by atoms with van der Waals surface area (Å²) in [6.45, 7) is 0. The van der Waals surface area contributed by atoms with Crippen LogP contribution in [-0.4, -0.2) is 39.8 Å². The molecule has 3 aromatic rings. The Bertz CT molecular complexity index is 1250. The van der Waals surface area contributed by atoms with Gasteiger partial charge in [-0.25, -0.2) is 13.8 Å². The van der Waals surface area contributed by atoms with Gasteiger partial charge in [0.25, 0.3) is 0 Å². The third-order valence-corrected chi connectivity index (χ3v) is 8.35. The van der Waals surface area contributed by atoms with E-state index in [0.717, 1.165) is 56.6 Å². The second kappa shape index (κ2) is 12.4. The minimum absolute atomic E-state index is 0.00472. The van der Waals surface area contributed by atoms with Crippen LogP contribution in [0.5, 0.6) is 0 Å². The van der Waals surface area contributed by atoms with Crippen LogP contribution in [0.15, 0.2) is 54.9 Å². The van der Waals surface area contributed by atoms with Gasteiger partial charge in [-0.3, -0.25) is 4.79 Å². The highest BCUT2D eigenvalue weighted by Crippen LogP contribution is 2.40. The maximum Gasteiger partial charge on any atom is 0.243 e. The molecule has 0 aliphatic heterocycles. The number of carbonyl (C=O) groups is 1. The van der Waals surface area contributed by atoms with Crippen LogP contribution >= 0.6 is 0 Å². The fraction of sp³-hybridized carbons (Fsp3) is 0.484. The van der Waals surface area contributed by atoms with Crippen LogP contribution in [0.4, 0.5) is 8.78 Å². The molecule has 2 unspecified atom stereocenters. The topological polar surface area (TPSA) is 76.4 Å². The number of ether oxygens (including phenoxy) is 1. The number of rotatable bonds is 8. The number of carbonyl (C=O) groups excluding carboxylic acids is 1. The highest BCUT2D eigenvalue weighted by atomic mass is 19.2. The molecule has 0 saturated heterocycles. The molecule has 8 heteroatoms. The van der Waals surface area contributed by atoms with Gasteiger partial charge in [-0.05, 0) is 61.6 Å². The smallest absolute Gasteiger partial charge is 0.243 e. The van der Waals surface area contributed by atoms with Crippen LogP contribution in [0.25, 0.3) is 11.4 Å². The Morgan fingerprint density at radius 3 is 2.44 bits per heavy atom. The number of methoxy groups -OCH3 is 1. The number of amides is 1. The lowest BCUT2D eigenvalue weighted by molar-refractivity contribution is -0.127. The summed E-state index contributed by atoms with van der Waals surface area (Å²) in [4.78, 5) is 18.4. The summed E-state index contributed by atoms with van der Waals surface area (Å²) in [5, 5.41) is 13.1. The number of hydrogen-bond donors (Lipinski definition) is 2. The van der Waals surface area contributed by atoms with E-state index in [-0.39, 0.29) is 35.4 Å². The van der Waals surface area contributed by atoms with E-state index in [1.807, 2.05) is 30.3 Å². The van der Waals surface area contributed by atoms with Crippen molar-refractivity contribution in [1.82, 2.24) is 14.9 Å². The molecule has 39 heavy (non-hydrogen) atoms. The molecule has 2 aliphatic carbocycles. The summed E-state index contributed by atoms with van der Waals surface area (Å²) in [6.07, 6.45) is 9.95. The molecular formula is C31H37F2N3O3. The molecule has 2 saturated carbocycles. The normalized spacial score (nSPS) is 21.8. The largest absolute Gasteiger partial charge is 0.393 e. The van der Waals surface area contributed by atoms with Crippen molar-refractivity contribution in [3.63, 3.8) is 0 Å². The molecule has 5 rings (SSSR count). The Morgan fingerprint density at radius 1 is 1.03 bits per heavy atom. The molecule has 1 aromatic heterocycles. The lowest BCUT2D eigenvalue weighted by Gasteiger charge is -2.34. The number of halogens is 2. The molecule has 2 fully saturated rings. The van der Waals surface area contributed by atoms with Crippen LogP contribution in [0, 0.1) is 17.6 Å². The van der Waals surface area contributed by atoms with E-state index < -0.39 is 23.8 Å². The average Bonchev–Trinajstić information content (AvgIpc) is 3.42. The Balaban J connectivity index is 1.57. The monoisotopic (exact) mass is 537 g/mol. The van der Waals surface area contributed by atoms with Gasteiger partial charge in [-0.2, -0.15) is 0 Å². The summed E-state index contributed by atoms with van der Waals surface area (Å²) in [6, 6.07) is 11.4. The Morgan fingerprint density at radius 2 is 1.74 bits per heavy atom. The van der Waals surface area contributed by atoms with Gasteiger partial charge in [0.05, 0.1) is 11.7 Å². The fourth-order valence-electron chi connectivity index (χ4n) is 6.34. The Kier molecular flexibility index (Phi) is 8.72. The van der Waals surface area contributed by atoms with E-state index in [0.29, 0.717) is 18.4 Å². The van der Waals surface area contributed by atoms with Crippen molar-refractivity contribution in [3.8, 4) is 11.4 Å². The molecule has 0 spiro atoms.